The SMILES string of the molecule is C=CC(=O)N1CCN(c2nc(=O)n3c4nc(c(F)cc24)-c2c(F)cccc2-c2cn(nn2)C2C=CC=NC(C(C)C)=C23)[C@@H](C)C1. The first kappa shape index (κ1) is 28.4. The van der Waals surface area contributed by atoms with Crippen LogP contribution in [-0.2, 0) is 4.79 Å². The number of aliphatic imine (C=N–C) groups is 1. The van der Waals surface area contributed by atoms with E-state index in [9.17, 15) is 9.59 Å². The van der Waals surface area contributed by atoms with Crippen LogP contribution in [0.25, 0.3) is 39.2 Å². The average molecular weight is 610 g/mol. The van der Waals surface area contributed by atoms with Gasteiger partial charge in [0.1, 0.15) is 29.1 Å². The number of amides is 1. The van der Waals surface area contributed by atoms with Crippen molar-refractivity contribution in [2.75, 3.05) is 24.5 Å². The fourth-order valence-electron chi connectivity index (χ4n) is 6.33. The molecule has 228 valence electrons. The molecule has 0 aliphatic carbocycles. The van der Waals surface area contributed by atoms with Crippen molar-refractivity contribution in [1.29, 1.82) is 0 Å². The van der Waals surface area contributed by atoms with Gasteiger partial charge in [0, 0.05) is 43.0 Å². The summed E-state index contributed by atoms with van der Waals surface area (Å²) in [6, 6.07) is 4.68. The third-order valence-electron chi connectivity index (χ3n) is 8.43. The number of anilines is 1. The number of pyridine rings is 1. The highest BCUT2D eigenvalue weighted by Gasteiger charge is 2.34. The number of carbonyl (C=O) groups is 1. The smallest absolute Gasteiger partial charge is 0.350 e. The number of hydrogen-bond donors (Lipinski definition) is 0. The molecule has 2 atom stereocenters. The number of rotatable bonds is 3. The van der Waals surface area contributed by atoms with E-state index in [1.54, 1.807) is 34.1 Å². The fraction of sp³-hybridized carbons (Fsp3) is 0.281. The number of nitrogens with zero attached hydrogens (tertiary/aromatic N) is 9. The molecule has 6 heterocycles. The number of aromatic nitrogens is 6. The molecule has 1 fully saturated rings. The van der Waals surface area contributed by atoms with E-state index in [4.69, 9.17) is 4.98 Å². The Kier molecular flexibility index (Phi) is 6.75. The van der Waals surface area contributed by atoms with Crippen molar-refractivity contribution in [2.45, 2.75) is 32.9 Å². The van der Waals surface area contributed by atoms with Gasteiger partial charge < -0.3 is 9.80 Å². The first-order valence-corrected chi connectivity index (χ1v) is 14.7. The molecular weight excluding hydrogens is 580 g/mol. The molecule has 1 aromatic carbocycles. The summed E-state index contributed by atoms with van der Waals surface area (Å²) < 4.78 is 34.9. The molecule has 11 nitrogen and oxygen atoms in total. The van der Waals surface area contributed by atoms with Gasteiger partial charge in [0.15, 0.2) is 11.5 Å². The molecule has 45 heavy (non-hydrogen) atoms. The number of piperazine rings is 1. The normalized spacial score (nSPS) is 19.1. The van der Waals surface area contributed by atoms with E-state index in [1.165, 1.54) is 28.8 Å². The van der Waals surface area contributed by atoms with Gasteiger partial charge in [-0.2, -0.15) is 4.98 Å². The van der Waals surface area contributed by atoms with Crippen LogP contribution < -0.4 is 10.6 Å². The molecule has 13 heteroatoms. The molecule has 3 aromatic heterocycles. The minimum Gasteiger partial charge on any atom is -0.350 e. The Morgan fingerprint density at radius 3 is 2.73 bits per heavy atom. The standard InChI is InChI=1S/C32H29F2N9O2/c1-5-25(44)40-12-13-41(18(4)15-40)30-20-14-22(34)28-26-19(8-6-9-21(26)33)23-16-42(39-38-23)24-10-7-11-35-27(17(2)3)29(24)43(31(20)36-28)32(45)37-30/h5-11,14,16-18,24H,1,12-13,15H2,2-4H3/t18-,24?/m0/s1. The third-order valence-corrected chi connectivity index (χ3v) is 8.43. The highest BCUT2D eigenvalue weighted by Crippen LogP contribution is 2.40. The van der Waals surface area contributed by atoms with E-state index >= 15 is 8.78 Å². The second-order valence-electron chi connectivity index (χ2n) is 11.6. The molecule has 0 saturated carbocycles. The molecule has 3 aliphatic rings. The Labute approximate surface area is 256 Å². The quantitative estimate of drug-likeness (QED) is 0.319. The summed E-state index contributed by atoms with van der Waals surface area (Å²) >= 11 is 0. The van der Waals surface area contributed by atoms with Crippen LogP contribution in [0, 0.1) is 17.6 Å². The predicted octanol–water partition coefficient (Wildman–Crippen LogP) is 4.24. The van der Waals surface area contributed by atoms with E-state index in [1.807, 2.05) is 31.7 Å². The molecule has 0 N–H and O–H groups in total. The Morgan fingerprint density at radius 1 is 1.16 bits per heavy atom. The van der Waals surface area contributed by atoms with Crippen LogP contribution >= 0.6 is 0 Å². The Hall–Kier alpha value is -5.33. The second-order valence-corrected chi connectivity index (χ2v) is 11.6. The van der Waals surface area contributed by atoms with Gasteiger partial charge in [0.05, 0.1) is 23.0 Å². The first-order chi connectivity index (χ1) is 21.7. The zero-order valence-corrected chi connectivity index (χ0v) is 24.9. The number of halogens is 2. The van der Waals surface area contributed by atoms with Gasteiger partial charge in [-0.05, 0) is 37.1 Å². The zero-order valence-electron chi connectivity index (χ0n) is 24.9. The summed E-state index contributed by atoms with van der Waals surface area (Å²) in [5, 5.41) is 8.93. The minimum atomic E-state index is -0.796. The molecular formula is C32H29F2N9O2. The van der Waals surface area contributed by atoms with Crippen LogP contribution in [0.2, 0.25) is 0 Å². The summed E-state index contributed by atoms with van der Waals surface area (Å²) in [7, 11) is 0. The lowest BCUT2D eigenvalue weighted by Gasteiger charge is -2.40. The van der Waals surface area contributed by atoms with Gasteiger partial charge >= 0.3 is 5.69 Å². The Bertz CT molecular complexity index is 2060. The summed E-state index contributed by atoms with van der Waals surface area (Å²) in [6.07, 6.45) is 8.13. The minimum absolute atomic E-state index is 0.0944. The maximum Gasteiger partial charge on any atom is 0.355 e. The average Bonchev–Trinajstić information content (AvgIpc) is 3.39. The summed E-state index contributed by atoms with van der Waals surface area (Å²) in [4.78, 5) is 44.1. The largest absolute Gasteiger partial charge is 0.355 e. The molecule has 4 bridgehead atoms. The van der Waals surface area contributed by atoms with Crippen molar-refractivity contribution in [3.8, 4) is 22.5 Å². The lowest BCUT2D eigenvalue weighted by atomic mass is 10.00. The Morgan fingerprint density at radius 2 is 1.98 bits per heavy atom. The monoisotopic (exact) mass is 609 g/mol. The summed E-state index contributed by atoms with van der Waals surface area (Å²) in [5.74, 6) is -1.62. The van der Waals surface area contributed by atoms with E-state index in [0.29, 0.717) is 42.3 Å². The van der Waals surface area contributed by atoms with Crippen molar-refractivity contribution >= 4 is 34.7 Å². The van der Waals surface area contributed by atoms with Crippen LogP contribution in [0.4, 0.5) is 14.6 Å². The van der Waals surface area contributed by atoms with Gasteiger partial charge in [-0.1, -0.05) is 43.8 Å². The molecule has 1 saturated heterocycles. The highest BCUT2D eigenvalue weighted by molar-refractivity contribution is 5.94. The zero-order chi connectivity index (χ0) is 31.6. The molecule has 1 unspecified atom stereocenters. The topological polar surface area (TPSA) is 114 Å². The van der Waals surface area contributed by atoms with Crippen molar-refractivity contribution in [3.05, 3.63) is 83.1 Å². The number of carbonyl (C=O) groups excluding carboxylic acids is 1. The third kappa shape index (κ3) is 4.49. The van der Waals surface area contributed by atoms with Crippen LogP contribution in [0.1, 0.15) is 26.8 Å². The Balaban J connectivity index is 1.59. The fourth-order valence-corrected chi connectivity index (χ4v) is 6.33. The summed E-state index contributed by atoms with van der Waals surface area (Å²) in [5.41, 5.74) is 0.660. The van der Waals surface area contributed by atoms with Crippen molar-refractivity contribution in [2.24, 2.45) is 10.9 Å². The van der Waals surface area contributed by atoms with E-state index in [0.717, 1.165) is 0 Å². The second kappa shape index (κ2) is 10.7. The van der Waals surface area contributed by atoms with Crippen LogP contribution in [-0.4, -0.2) is 72.2 Å². The highest BCUT2D eigenvalue weighted by atomic mass is 19.1. The number of benzene rings is 1. The lowest BCUT2D eigenvalue weighted by molar-refractivity contribution is -0.126. The first-order valence-electron chi connectivity index (χ1n) is 14.7. The van der Waals surface area contributed by atoms with Gasteiger partial charge in [0.25, 0.3) is 0 Å². The molecule has 4 aromatic rings. The van der Waals surface area contributed by atoms with Gasteiger partial charge in [-0.15, -0.1) is 5.10 Å². The van der Waals surface area contributed by atoms with E-state index in [2.05, 4.69) is 26.9 Å². The van der Waals surface area contributed by atoms with Gasteiger partial charge in [0.2, 0.25) is 5.91 Å². The molecule has 0 radical (unpaired) electrons. The van der Waals surface area contributed by atoms with Gasteiger partial charge in [-0.3, -0.25) is 9.79 Å². The number of allylic oxidation sites excluding steroid dienone is 4. The maximum atomic E-state index is 16.3. The molecule has 3 aliphatic heterocycles. The molecule has 7 rings (SSSR count). The number of hydrogen-bond acceptors (Lipinski definition) is 8. The maximum absolute atomic E-state index is 16.3. The van der Waals surface area contributed by atoms with Crippen molar-refractivity contribution in [1.82, 2.24) is 34.4 Å². The van der Waals surface area contributed by atoms with Crippen LogP contribution in [0.3, 0.4) is 0 Å². The molecule has 1 amide bonds. The van der Waals surface area contributed by atoms with Gasteiger partial charge in [-0.25, -0.2) is 27.8 Å². The van der Waals surface area contributed by atoms with Crippen LogP contribution in [0.15, 0.2) is 70.8 Å². The van der Waals surface area contributed by atoms with Crippen molar-refractivity contribution < 1.29 is 13.6 Å². The van der Waals surface area contributed by atoms with Crippen LogP contribution in [0.5, 0.6) is 0 Å². The molecule has 0 spiro atoms. The lowest BCUT2D eigenvalue weighted by Crippen LogP contribution is -2.54. The predicted molar refractivity (Wildman–Crippen MR) is 166 cm³/mol. The summed E-state index contributed by atoms with van der Waals surface area (Å²) in [6.45, 7) is 10.4. The van der Waals surface area contributed by atoms with E-state index < -0.39 is 23.4 Å². The number of fused-ring (bicyclic) bond motifs is 9. The van der Waals surface area contributed by atoms with Crippen molar-refractivity contribution in [3.63, 3.8) is 0 Å². The van der Waals surface area contributed by atoms with E-state index in [-0.39, 0.29) is 46.0 Å².